The molecule has 3 rings (SSSR count). The van der Waals surface area contributed by atoms with E-state index in [1.807, 2.05) is 24.3 Å². The maximum Gasteiger partial charge on any atom is 0.222 e. The van der Waals surface area contributed by atoms with E-state index in [0.29, 0.717) is 17.5 Å². The molecule has 110 valence electrons. The highest BCUT2D eigenvalue weighted by molar-refractivity contribution is 6.31. The third-order valence-electron chi connectivity index (χ3n) is 4.20. The SMILES string of the molecule is C[C@@H]1CN(Cc2cc(Cl)cc3cccnc23)C[C@H]1C(N)=O. The van der Waals surface area contributed by atoms with E-state index < -0.39 is 0 Å². The Labute approximate surface area is 128 Å². The largest absolute Gasteiger partial charge is 0.369 e. The number of benzene rings is 1. The van der Waals surface area contributed by atoms with Gasteiger partial charge in [-0.3, -0.25) is 14.7 Å². The molecule has 2 heterocycles. The third kappa shape index (κ3) is 2.87. The highest BCUT2D eigenvalue weighted by Crippen LogP contribution is 2.28. The second kappa shape index (κ2) is 5.62. The topological polar surface area (TPSA) is 59.2 Å². The summed E-state index contributed by atoms with van der Waals surface area (Å²) in [6, 6.07) is 7.80. The van der Waals surface area contributed by atoms with Gasteiger partial charge in [0.2, 0.25) is 5.91 Å². The molecule has 1 amide bonds. The molecule has 1 fully saturated rings. The highest BCUT2D eigenvalue weighted by atomic mass is 35.5. The number of nitrogens with two attached hydrogens (primary N) is 1. The van der Waals surface area contributed by atoms with E-state index >= 15 is 0 Å². The average Bonchev–Trinajstić information content (AvgIpc) is 2.79. The minimum Gasteiger partial charge on any atom is -0.369 e. The Balaban J connectivity index is 1.87. The number of primary amides is 1. The van der Waals surface area contributed by atoms with Crippen LogP contribution in [-0.4, -0.2) is 28.9 Å². The first-order valence-corrected chi connectivity index (χ1v) is 7.47. The van der Waals surface area contributed by atoms with E-state index in [2.05, 4.69) is 16.8 Å². The summed E-state index contributed by atoms with van der Waals surface area (Å²) >= 11 is 6.20. The van der Waals surface area contributed by atoms with E-state index in [1.54, 1.807) is 6.20 Å². The van der Waals surface area contributed by atoms with Crippen LogP contribution in [0.2, 0.25) is 5.02 Å². The zero-order valence-electron chi connectivity index (χ0n) is 11.9. The second-order valence-electron chi connectivity index (χ2n) is 5.82. The lowest BCUT2D eigenvalue weighted by Crippen LogP contribution is -2.29. The smallest absolute Gasteiger partial charge is 0.222 e. The molecular weight excluding hydrogens is 286 g/mol. The summed E-state index contributed by atoms with van der Waals surface area (Å²) in [5.41, 5.74) is 7.52. The fourth-order valence-electron chi connectivity index (χ4n) is 3.16. The first kappa shape index (κ1) is 14.3. The molecule has 0 radical (unpaired) electrons. The van der Waals surface area contributed by atoms with E-state index in [1.165, 1.54) is 0 Å². The van der Waals surface area contributed by atoms with Crippen molar-refractivity contribution in [3.63, 3.8) is 0 Å². The number of rotatable bonds is 3. The predicted molar refractivity (Wildman–Crippen MR) is 83.9 cm³/mol. The Morgan fingerprint density at radius 1 is 1.48 bits per heavy atom. The van der Waals surface area contributed by atoms with Crippen LogP contribution in [0.1, 0.15) is 12.5 Å². The number of halogens is 1. The van der Waals surface area contributed by atoms with Gasteiger partial charge < -0.3 is 5.73 Å². The number of carbonyl (C=O) groups is 1. The quantitative estimate of drug-likeness (QED) is 0.947. The van der Waals surface area contributed by atoms with Crippen molar-refractivity contribution in [1.29, 1.82) is 0 Å². The van der Waals surface area contributed by atoms with Crippen LogP contribution in [0.5, 0.6) is 0 Å². The van der Waals surface area contributed by atoms with Crippen molar-refractivity contribution in [2.45, 2.75) is 13.5 Å². The van der Waals surface area contributed by atoms with Crippen LogP contribution in [0.15, 0.2) is 30.5 Å². The summed E-state index contributed by atoms with van der Waals surface area (Å²) in [4.78, 5) is 18.1. The summed E-state index contributed by atoms with van der Waals surface area (Å²) in [5, 5.41) is 1.75. The van der Waals surface area contributed by atoms with E-state index in [-0.39, 0.29) is 11.8 Å². The van der Waals surface area contributed by atoms with Gasteiger partial charge in [0.1, 0.15) is 0 Å². The van der Waals surface area contributed by atoms with E-state index in [4.69, 9.17) is 17.3 Å². The highest BCUT2D eigenvalue weighted by Gasteiger charge is 2.33. The van der Waals surface area contributed by atoms with Gasteiger partial charge in [0.25, 0.3) is 0 Å². The maximum atomic E-state index is 11.4. The number of nitrogens with zero attached hydrogens (tertiary/aromatic N) is 2. The van der Waals surface area contributed by atoms with Gasteiger partial charge in [-0.2, -0.15) is 0 Å². The van der Waals surface area contributed by atoms with E-state index in [9.17, 15) is 4.79 Å². The van der Waals surface area contributed by atoms with Crippen LogP contribution in [-0.2, 0) is 11.3 Å². The van der Waals surface area contributed by atoms with Gasteiger partial charge in [0.15, 0.2) is 0 Å². The van der Waals surface area contributed by atoms with Crippen LogP contribution in [0.25, 0.3) is 10.9 Å². The number of hydrogen-bond acceptors (Lipinski definition) is 3. The third-order valence-corrected chi connectivity index (χ3v) is 4.41. The minimum absolute atomic E-state index is 0.0663. The summed E-state index contributed by atoms with van der Waals surface area (Å²) in [6.45, 7) is 4.39. The molecule has 2 N–H and O–H groups in total. The Hall–Kier alpha value is -1.65. The lowest BCUT2D eigenvalue weighted by molar-refractivity contribution is -0.122. The lowest BCUT2D eigenvalue weighted by Gasteiger charge is -2.16. The van der Waals surface area contributed by atoms with Crippen LogP contribution < -0.4 is 5.73 Å². The molecule has 1 aliphatic heterocycles. The summed E-state index contributed by atoms with van der Waals surface area (Å²) in [7, 11) is 0. The van der Waals surface area contributed by atoms with Crippen molar-refractivity contribution in [1.82, 2.24) is 9.88 Å². The molecule has 21 heavy (non-hydrogen) atoms. The molecule has 0 unspecified atom stereocenters. The standard InChI is InChI=1S/C16H18ClN3O/c1-10-7-20(9-14(10)16(18)21)8-12-6-13(17)5-11-3-2-4-19-15(11)12/h2-6,10,14H,7-9H2,1H3,(H2,18,21)/t10-,14-/m1/s1. The number of amides is 1. The number of hydrogen-bond donors (Lipinski definition) is 1. The van der Waals surface area contributed by atoms with Crippen LogP contribution >= 0.6 is 11.6 Å². The molecule has 0 aliphatic carbocycles. The fourth-order valence-corrected chi connectivity index (χ4v) is 3.40. The van der Waals surface area contributed by atoms with Crippen LogP contribution in [0.4, 0.5) is 0 Å². The van der Waals surface area contributed by atoms with Gasteiger partial charge in [0.05, 0.1) is 11.4 Å². The molecule has 2 atom stereocenters. The molecular formula is C16H18ClN3O. The number of aromatic nitrogens is 1. The van der Waals surface area contributed by atoms with Crippen molar-refractivity contribution >= 4 is 28.4 Å². The zero-order chi connectivity index (χ0) is 15.0. The molecule has 4 nitrogen and oxygen atoms in total. The van der Waals surface area contributed by atoms with Gasteiger partial charge in [-0.25, -0.2) is 0 Å². The van der Waals surface area contributed by atoms with Gasteiger partial charge in [-0.15, -0.1) is 0 Å². The van der Waals surface area contributed by atoms with Crippen LogP contribution in [0, 0.1) is 11.8 Å². The molecule has 1 aliphatic rings. The van der Waals surface area contributed by atoms with Crippen molar-refractivity contribution in [3.05, 3.63) is 41.0 Å². The molecule has 1 aromatic carbocycles. The lowest BCUT2D eigenvalue weighted by atomic mass is 9.98. The van der Waals surface area contributed by atoms with Crippen molar-refractivity contribution in [2.24, 2.45) is 17.6 Å². The Bertz CT molecular complexity index is 688. The molecule has 2 aromatic rings. The average molecular weight is 304 g/mol. The zero-order valence-corrected chi connectivity index (χ0v) is 12.7. The normalized spacial score (nSPS) is 22.8. The molecule has 0 spiro atoms. The molecule has 0 saturated carbocycles. The summed E-state index contributed by atoms with van der Waals surface area (Å²) in [5.74, 6) is 0.0170. The van der Waals surface area contributed by atoms with Crippen LogP contribution in [0.3, 0.4) is 0 Å². The van der Waals surface area contributed by atoms with E-state index in [0.717, 1.165) is 29.6 Å². The monoisotopic (exact) mass is 303 g/mol. The summed E-state index contributed by atoms with van der Waals surface area (Å²) < 4.78 is 0. The second-order valence-corrected chi connectivity index (χ2v) is 6.26. The molecule has 1 saturated heterocycles. The first-order chi connectivity index (χ1) is 10.0. The number of fused-ring (bicyclic) bond motifs is 1. The molecule has 0 bridgehead atoms. The number of carbonyl (C=O) groups excluding carboxylic acids is 1. The minimum atomic E-state index is -0.209. The van der Waals surface area contributed by atoms with Gasteiger partial charge in [-0.1, -0.05) is 24.6 Å². The molecule has 1 aromatic heterocycles. The maximum absolute atomic E-state index is 11.4. The Morgan fingerprint density at radius 2 is 2.29 bits per heavy atom. The fraction of sp³-hybridized carbons (Fsp3) is 0.375. The van der Waals surface area contributed by atoms with Gasteiger partial charge >= 0.3 is 0 Å². The number of pyridine rings is 1. The predicted octanol–water partition coefficient (Wildman–Crippen LogP) is 2.44. The van der Waals surface area contributed by atoms with Gasteiger partial charge in [-0.05, 0) is 29.7 Å². The first-order valence-electron chi connectivity index (χ1n) is 7.09. The molecule has 5 heteroatoms. The Kier molecular flexibility index (Phi) is 3.83. The van der Waals surface area contributed by atoms with Gasteiger partial charge in [0, 0.05) is 36.2 Å². The van der Waals surface area contributed by atoms with Crippen molar-refractivity contribution in [2.75, 3.05) is 13.1 Å². The summed E-state index contributed by atoms with van der Waals surface area (Å²) in [6.07, 6.45) is 1.79. The van der Waals surface area contributed by atoms with Crippen molar-refractivity contribution < 1.29 is 4.79 Å². The van der Waals surface area contributed by atoms with Crippen molar-refractivity contribution in [3.8, 4) is 0 Å². The Morgan fingerprint density at radius 3 is 3.00 bits per heavy atom. The number of likely N-dealkylation sites (tertiary alicyclic amines) is 1.